The van der Waals surface area contributed by atoms with Gasteiger partial charge in [0.1, 0.15) is 10.3 Å². The molecule has 0 amide bonds. The molecule has 7 heteroatoms. The van der Waals surface area contributed by atoms with Gasteiger partial charge in [0.2, 0.25) is 0 Å². The van der Waals surface area contributed by atoms with Crippen molar-refractivity contribution in [1.82, 2.24) is 4.98 Å². The van der Waals surface area contributed by atoms with Crippen molar-refractivity contribution in [1.29, 1.82) is 0 Å². The Morgan fingerprint density at radius 3 is 2.56 bits per heavy atom. The van der Waals surface area contributed by atoms with Gasteiger partial charge in [0.05, 0.1) is 9.40 Å². The molecule has 1 aromatic carbocycles. The van der Waals surface area contributed by atoms with Crippen LogP contribution in [0, 0.1) is 10.1 Å². The lowest BCUT2D eigenvalue weighted by atomic mass is 10.1. The Hall–Kier alpha value is -0.910. The van der Waals surface area contributed by atoms with Gasteiger partial charge in [-0.1, -0.05) is 23.2 Å². The Morgan fingerprint density at radius 1 is 1.25 bits per heavy atom. The fourth-order valence-corrected chi connectivity index (χ4v) is 2.21. The molecular weight excluding hydrogens is 319 g/mol. The highest BCUT2D eigenvalue weighted by molar-refractivity contribution is 9.10. The lowest BCUT2D eigenvalue weighted by Gasteiger charge is -2.04. The molecular formula is C9H3BrCl2N2O2. The summed E-state index contributed by atoms with van der Waals surface area (Å²) in [5.41, 5.74) is -0.0217. The van der Waals surface area contributed by atoms with Crippen molar-refractivity contribution in [3.8, 4) is 0 Å². The summed E-state index contributed by atoms with van der Waals surface area (Å²) in [6.45, 7) is 0. The van der Waals surface area contributed by atoms with Crippen LogP contribution in [0.5, 0.6) is 0 Å². The van der Waals surface area contributed by atoms with E-state index in [0.29, 0.717) is 15.2 Å². The summed E-state index contributed by atoms with van der Waals surface area (Å²) in [4.78, 5) is 14.0. The third-order valence-corrected chi connectivity index (χ3v) is 3.64. The minimum atomic E-state index is -0.478. The first-order chi connectivity index (χ1) is 7.50. The molecule has 0 spiro atoms. The van der Waals surface area contributed by atoms with E-state index < -0.39 is 4.92 Å². The number of non-ortho nitro benzene ring substituents is 1. The third kappa shape index (κ3) is 1.86. The molecule has 0 aliphatic rings. The molecule has 2 rings (SSSR count). The van der Waals surface area contributed by atoms with Crippen LogP contribution in [0.2, 0.25) is 10.3 Å². The first kappa shape index (κ1) is 11.6. The van der Waals surface area contributed by atoms with E-state index in [1.807, 2.05) is 0 Å². The number of nitro benzene ring substituents is 1. The van der Waals surface area contributed by atoms with E-state index >= 15 is 0 Å². The summed E-state index contributed by atoms with van der Waals surface area (Å²) in [7, 11) is 0. The predicted molar refractivity (Wildman–Crippen MR) is 66.1 cm³/mol. The van der Waals surface area contributed by atoms with Crippen molar-refractivity contribution in [3.05, 3.63) is 43.1 Å². The van der Waals surface area contributed by atoms with Crippen LogP contribution >= 0.6 is 39.1 Å². The monoisotopic (exact) mass is 320 g/mol. The normalized spacial score (nSPS) is 10.7. The van der Waals surface area contributed by atoms with Crippen LogP contribution < -0.4 is 0 Å². The van der Waals surface area contributed by atoms with E-state index in [2.05, 4.69) is 20.9 Å². The molecule has 0 N–H and O–H groups in total. The molecule has 1 aromatic heterocycles. The number of aromatic nitrogens is 1. The lowest BCUT2D eigenvalue weighted by molar-refractivity contribution is -0.384. The fraction of sp³-hybridized carbons (Fsp3) is 0. The van der Waals surface area contributed by atoms with Gasteiger partial charge in [0.25, 0.3) is 5.69 Å². The lowest BCUT2D eigenvalue weighted by Crippen LogP contribution is -1.89. The zero-order valence-electron chi connectivity index (χ0n) is 7.58. The van der Waals surface area contributed by atoms with Gasteiger partial charge in [-0.3, -0.25) is 10.1 Å². The first-order valence-electron chi connectivity index (χ1n) is 4.09. The zero-order chi connectivity index (χ0) is 11.9. The highest BCUT2D eigenvalue weighted by atomic mass is 79.9. The number of fused-ring (bicyclic) bond motifs is 1. The molecule has 0 saturated heterocycles. The van der Waals surface area contributed by atoms with Gasteiger partial charge < -0.3 is 0 Å². The van der Waals surface area contributed by atoms with Crippen molar-refractivity contribution >= 4 is 55.6 Å². The number of pyridine rings is 1. The van der Waals surface area contributed by atoms with E-state index in [4.69, 9.17) is 23.2 Å². The number of halogens is 3. The van der Waals surface area contributed by atoms with Gasteiger partial charge in [-0.15, -0.1) is 0 Å². The molecule has 2 aromatic rings. The Labute approximate surface area is 108 Å². The average molecular weight is 322 g/mol. The van der Waals surface area contributed by atoms with Crippen molar-refractivity contribution in [2.24, 2.45) is 0 Å². The molecule has 0 unspecified atom stereocenters. The van der Waals surface area contributed by atoms with Gasteiger partial charge in [-0.25, -0.2) is 4.98 Å². The van der Waals surface area contributed by atoms with E-state index in [1.165, 1.54) is 12.1 Å². The maximum atomic E-state index is 10.6. The largest absolute Gasteiger partial charge is 0.270 e. The van der Waals surface area contributed by atoms with Crippen LogP contribution in [0.25, 0.3) is 10.8 Å². The molecule has 0 aliphatic heterocycles. The highest BCUT2D eigenvalue weighted by Crippen LogP contribution is 2.35. The molecule has 0 aliphatic carbocycles. The zero-order valence-corrected chi connectivity index (χ0v) is 10.7. The summed E-state index contributed by atoms with van der Waals surface area (Å²) in [5, 5.41) is 12.2. The van der Waals surface area contributed by atoms with E-state index in [1.54, 1.807) is 6.07 Å². The van der Waals surface area contributed by atoms with E-state index in [0.717, 1.165) is 0 Å². The molecule has 0 bridgehead atoms. The minimum Gasteiger partial charge on any atom is -0.258 e. The van der Waals surface area contributed by atoms with Crippen LogP contribution in [-0.4, -0.2) is 9.91 Å². The van der Waals surface area contributed by atoms with Crippen molar-refractivity contribution in [2.45, 2.75) is 0 Å². The number of hydrogen-bond acceptors (Lipinski definition) is 3. The number of hydrogen-bond donors (Lipinski definition) is 0. The van der Waals surface area contributed by atoms with Crippen molar-refractivity contribution in [3.63, 3.8) is 0 Å². The van der Waals surface area contributed by atoms with Gasteiger partial charge in [0.15, 0.2) is 0 Å². The Balaban J connectivity index is 2.86. The molecule has 0 radical (unpaired) electrons. The fourth-order valence-electron chi connectivity index (χ4n) is 1.31. The molecule has 16 heavy (non-hydrogen) atoms. The Morgan fingerprint density at radius 2 is 1.94 bits per heavy atom. The second-order valence-electron chi connectivity index (χ2n) is 2.99. The highest BCUT2D eigenvalue weighted by Gasteiger charge is 2.13. The SMILES string of the molecule is O=[N+]([O-])c1ccc2c(Cl)nc(Cl)c(Br)c2c1. The smallest absolute Gasteiger partial charge is 0.258 e. The second-order valence-corrected chi connectivity index (χ2v) is 4.50. The van der Waals surface area contributed by atoms with Gasteiger partial charge in [-0.2, -0.15) is 0 Å². The molecule has 4 nitrogen and oxygen atoms in total. The van der Waals surface area contributed by atoms with Gasteiger partial charge >= 0.3 is 0 Å². The standard InChI is InChI=1S/C9H3BrCl2N2O2/c10-7-6-3-4(14(15)16)1-2-5(6)8(11)13-9(7)12/h1-3H. The number of nitrogens with zero attached hydrogens (tertiary/aromatic N) is 2. The minimum absolute atomic E-state index is 0.0217. The van der Waals surface area contributed by atoms with Crippen LogP contribution in [-0.2, 0) is 0 Å². The average Bonchev–Trinajstić information content (AvgIpc) is 2.25. The Kier molecular flexibility index (Phi) is 3.01. The first-order valence-corrected chi connectivity index (χ1v) is 5.64. The second kappa shape index (κ2) is 4.16. The maximum Gasteiger partial charge on any atom is 0.270 e. The molecule has 1 heterocycles. The summed E-state index contributed by atoms with van der Waals surface area (Å²) in [5.74, 6) is 0. The number of rotatable bonds is 1. The predicted octanol–water partition coefficient (Wildman–Crippen LogP) is 4.21. The third-order valence-electron chi connectivity index (χ3n) is 2.05. The topological polar surface area (TPSA) is 56.0 Å². The quantitative estimate of drug-likeness (QED) is 0.449. The summed E-state index contributed by atoms with van der Waals surface area (Å²) >= 11 is 14.9. The molecule has 82 valence electrons. The van der Waals surface area contributed by atoms with Crippen LogP contribution in [0.15, 0.2) is 22.7 Å². The van der Waals surface area contributed by atoms with Crippen LogP contribution in [0.4, 0.5) is 5.69 Å². The van der Waals surface area contributed by atoms with E-state index in [9.17, 15) is 10.1 Å². The summed E-state index contributed by atoms with van der Waals surface area (Å²) in [6, 6.07) is 4.32. The van der Waals surface area contributed by atoms with Crippen molar-refractivity contribution in [2.75, 3.05) is 0 Å². The van der Waals surface area contributed by atoms with Gasteiger partial charge in [0, 0.05) is 22.9 Å². The number of benzene rings is 1. The maximum absolute atomic E-state index is 10.6. The molecule has 0 fully saturated rings. The van der Waals surface area contributed by atoms with Crippen LogP contribution in [0.1, 0.15) is 0 Å². The summed E-state index contributed by atoms with van der Waals surface area (Å²) in [6.07, 6.45) is 0. The van der Waals surface area contributed by atoms with Crippen LogP contribution in [0.3, 0.4) is 0 Å². The van der Waals surface area contributed by atoms with Crippen molar-refractivity contribution < 1.29 is 4.92 Å². The van der Waals surface area contributed by atoms with Gasteiger partial charge in [-0.05, 0) is 22.0 Å². The molecule has 0 atom stereocenters. The summed E-state index contributed by atoms with van der Waals surface area (Å²) < 4.78 is 0.497. The number of nitro groups is 1. The Bertz CT molecular complexity index is 604. The van der Waals surface area contributed by atoms with E-state index in [-0.39, 0.29) is 16.0 Å². The molecule has 0 saturated carbocycles.